The maximum Gasteiger partial charge on any atom is 0.409 e. The van der Waals surface area contributed by atoms with E-state index in [0.717, 1.165) is 14.7 Å². The average molecular weight is 1370 g/mol. The minimum Gasteiger partial charge on any atom is -0.449 e. The molecule has 0 bridgehead atoms. The van der Waals surface area contributed by atoms with Crippen LogP contribution in [0.3, 0.4) is 0 Å². The summed E-state index contributed by atoms with van der Waals surface area (Å²) in [5, 5.41) is 33.4. The quantitative estimate of drug-likeness (QED) is 0.107. The third kappa shape index (κ3) is 23.9. The van der Waals surface area contributed by atoms with E-state index in [4.69, 9.17) is 4.74 Å². The van der Waals surface area contributed by atoms with Crippen LogP contribution in [0.1, 0.15) is 175 Å². The van der Waals surface area contributed by atoms with Gasteiger partial charge in [0.25, 0.3) is 0 Å². The van der Waals surface area contributed by atoms with E-state index in [1.54, 1.807) is 67.5 Å². The molecule has 554 valence electrons. The van der Waals surface area contributed by atoms with Crippen molar-refractivity contribution in [3.63, 3.8) is 0 Å². The van der Waals surface area contributed by atoms with Gasteiger partial charge in [-0.3, -0.25) is 52.7 Å². The van der Waals surface area contributed by atoms with E-state index in [1.807, 2.05) is 41.5 Å². The Balaban J connectivity index is 3.07. The number of hydrogen-bond acceptors (Lipinski definition) is 15. The second-order valence-electron chi connectivity index (χ2n) is 29.2. The van der Waals surface area contributed by atoms with Crippen LogP contribution < -0.4 is 21.3 Å². The van der Waals surface area contributed by atoms with E-state index in [2.05, 4.69) is 21.3 Å². The summed E-state index contributed by atoms with van der Waals surface area (Å²) in [6.45, 7) is 29.2. The number of carbonyl (C=O) groups is 12. The Morgan fingerprint density at radius 3 is 1.52 bits per heavy atom. The Morgan fingerprint density at radius 2 is 1.01 bits per heavy atom. The summed E-state index contributed by atoms with van der Waals surface area (Å²) in [6.07, 6.45) is 2.88. The van der Waals surface area contributed by atoms with Gasteiger partial charge in [0.2, 0.25) is 65.0 Å². The Morgan fingerprint density at radius 1 is 0.526 bits per heavy atom. The maximum absolute atomic E-state index is 15.3. The topological polar surface area (TPSA) is 329 Å². The molecule has 27 heteroatoms. The molecule has 0 aromatic rings. The molecule has 2 rings (SSSR count). The fourth-order valence-electron chi connectivity index (χ4n) is 12.4. The lowest BCUT2D eigenvalue weighted by Gasteiger charge is -2.41. The largest absolute Gasteiger partial charge is 0.449 e. The third-order valence-corrected chi connectivity index (χ3v) is 19.2. The van der Waals surface area contributed by atoms with E-state index < -0.39 is 180 Å². The number of piperidine rings is 1. The van der Waals surface area contributed by atoms with Crippen molar-refractivity contribution in [2.75, 3.05) is 69.0 Å². The van der Waals surface area contributed by atoms with Crippen molar-refractivity contribution in [2.24, 2.45) is 41.4 Å². The molecule has 0 saturated carbocycles. The van der Waals surface area contributed by atoms with E-state index in [-0.39, 0.29) is 62.9 Å². The first-order chi connectivity index (χ1) is 45.0. The minimum absolute atomic E-state index is 0.0472. The van der Waals surface area contributed by atoms with Gasteiger partial charge in [-0.1, -0.05) is 102 Å². The maximum atomic E-state index is 15.3. The van der Waals surface area contributed by atoms with Gasteiger partial charge < -0.3 is 75.4 Å². The summed E-state index contributed by atoms with van der Waals surface area (Å²) in [7, 11) is 9.73. The number of ether oxygens (including phenoxy) is 1. The predicted octanol–water partition coefficient (Wildman–Crippen LogP) is 3.62. The van der Waals surface area contributed by atoms with Gasteiger partial charge in [-0.2, -0.15) is 0 Å². The molecule has 97 heavy (non-hydrogen) atoms. The van der Waals surface area contributed by atoms with Crippen LogP contribution >= 0.6 is 0 Å². The van der Waals surface area contributed by atoms with Crippen LogP contribution in [0.5, 0.6) is 0 Å². The van der Waals surface area contributed by atoms with Crippen LogP contribution in [0, 0.1) is 41.4 Å². The number of amides is 12. The molecule has 2 saturated heterocycles. The number of rotatable bonds is 18. The van der Waals surface area contributed by atoms with Gasteiger partial charge in [0.1, 0.15) is 66.5 Å². The first-order valence-electron chi connectivity index (χ1n) is 35.0. The summed E-state index contributed by atoms with van der Waals surface area (Å²) >= 11 is 0. The molecule has 2 fully saturated rings. The number of aliphatic hydroxyl groups is 2. The fourth-order valence-corrected chi connectivity index (χ4v) is 12.4. The Hall–Kier alpha value is -6.90. The molecule has 0 aromatic heterocycles. The van der Waals surface area contributed by atoms with Crippen LogP contribution in [-0.4, -0.2) is 268 Å². The van der Waals surface area contributed by atoms with E-state index in [0.29, 0.717) is 25.7 Å². The van der Waals surface area contributed by atoms with Crippen LogP contribution in [0.15, 0.2) is 12.2 Å². The first-order valence-corrected chi connectivity index (χ1v) is 35.0. The van der Waals surface area contributed by atoms with Crippen LogP contribution in [0.2, 0.25) is 0 Å². The number of aliphatic hydroxyl groups excluding tert-OH is 2. The molecule has 0 unspecified atom stereocenters. The highest BCUT2D eigenvalue weighted by molar-refractivity contribution is 6.00. The van der Waals surface area contributed by atoms with Crippen LogP contribution in [-0.2, 0) is 57.5 Å². The van der Waals surface area contributed by atoms with Gasteiger partial charge in [-0.05, 0) is 121 Å². The molecule has 0 aliphatic carbocycles. The normalized spacial score (nSPS) is 27.2. The lowest BCUT2D eigenvalue weighted by molar-refractivity contribution is -0.157. The number of likely N-dealkylation sites (N-methyl/N-ethyl adjacent to an activating group) is 7. The number of carbonyl (C=O) groups excluding carboxylic acids is 12. The van der Waals surface area contributed by atoms with E-state index in [9.17, 15) is 43.8 Å². The van der Waals surface area contributed by atoms with Crippen molar-refractivity contribution < 1.29 is 72.5 Å². The van der Waals surface area contributed by atoms with Gasteiger partial charge in [0.15, 0.2) is 0 Å². The molecule has 2 aliphatic rings. The molecule has 0 aromatic carbocycles. The third-order valence-electron chi connectivity index (χ3n) is 19.2. The molecule has 27 nitrogen and oxygen atoms in total. The molecule has 6 N–H and O–H groups in total. The van der Waals surface area contributed by atoms with Gasteiger partial charge in [0.05, 0.1) is 18.8 Å². The van der Waals surface area contributed by atoms with Crippen molar-refractivity contribution in [2.45, 2.75) is 254 Å². The zero-order chi connectivity index (χ0) is 74.5. The first kappa shape index (κ1) is 86.2. The summed E-state index contributed by atoms with van der Waals surface area (Å²) in [5.74, 6) is -11.1. The predicted molar refractivity (Wildman–Crippen MR) is 370 cm³/mol. The number of allylic oxidation sites excluding steroid dienone is 2. The van der Waals surface area contributed by atoms with Gasteiger partial charge >= 0.3 is 6.09 Å². The van der Waals surface area contributed by atoms with Crippen molar-refractivity contribution in [1.29, 1.82) is 0 Å². The van der Waals surface area contributed by atoms with Crippen molar-refractivity contribution >= 4 is 71.1 Å². The molecule has 0 spiro atoms. The number of nitrogens with zero attached hydrogens (tertiary/aromatic N) is 8. The molecule has 0 radical (unpaired) electrons. The molecule has 2 heterocycles. The summed E-state index contributed by atoms with van der Waals surface area (Å²) < 4.78 is 5.75. The monoisotopic (exact) mass is 1370 g/mol. The molecule has 14 atom stereocenters. The highest BCUT2D eigenvalue weighted by atomic mass is 16.6. The highest BCUT2D eigenvalue weighted by Crippen LogP contribution is 2.27. The van der Waals surface area contributed by atoms with E-state index >= 15 is 24.0 Å². The average Bonchev–Trinajstić information content (AvgIpc) is 0.809. The Labute approximate surface area is 578 Å². The second-order valence-corrected chi connectivity index (χ2v) is 29.2. The molecular formula is C70H124N12O15. The number of likely N-dealkylation sites (tertiary alicyclic amines) is 1. The standard InChI is InChI=1S/C70H124N12O15/c1-25-27-28-44(13)58(84)57-62(88)73-50(26-2)65(91)75(18)48(17)64(90)80(23)56(45(14)38-97-70(96)82-35-33-49(83)34-36-82)61(87)74-54(42(9)10)68(94)76(19)51(31-29-39(3)4)60(86)71-46(15)59(85)72-47(16)63(89)78(21)53(37-41(7)8)67(93)77(20)52(32-30-40(5)6)66(92)79(22)55(43(11)12)69(95)81(57)24/h25,27,39-58,83-84H,26,28-38H2,1-24H3,(H,71,86)(H,72,85)(H,73,88)(H,74,87)/b27-25+/t44-,45-,46+,47-,48-,50+,51+,52+,53+,54+,55+,56+,57+,58-/m1/s1. The van der Waals surface area contributed by atoms with E-state index in [1.165, 1.54) is 94.6 Å². The smallest absolute Gasteiger partial charge is 0.409 e. The zero-order valence-corrected chi connectivity index (χ0v) is 63.0. The highest BCUT2D eigenvalue weighted by Gasteiger charge is 2.47. The summed E-state index contributed by atoms with van der Waals surface area (Å²) in [5.41, 5.74) is 0. The lowest BCUT2D eigenvalue weighted by atomic mass is 9.91. The zero-order valence-electron chi connectivity index (χ0n) is 63.0. The van der Waals surface area contributed by atoms with Crippen molar-refractivity contribution in [3.05, 3.63) is 12.2 Å². The fraction of sp³-hybridized carbons (Fsp3) is 0.800. The summed E-state index contributed by atoms with van der Waals surface area (Å²) in [6, 6.07) is -14.6. The summed E-state index contributed by atoms with van der Waals surface area (Å²) in [4.78, 5) is 187. The lowest BCUT2D eigenvalue weighted by Crippen LogP contribution is -2.64. The van der Waals surface area contributed by atoms with Gasteiger partial charge in [0, 0.05) is 68.3 Å². The SMILES string of the molecule is C/C=C/C[C@@H](C)[C@@H](O)[C@H]1C(=O)N[C@@H](CC)C(=O)N(C)[C@H](C)C(=O)N(C)[C@@H]([C@H](C)COC(=O)N2CCC(O)CC2)C(=O)N[C@@H](C(C)C)C(=O)N(C)[C@@H](CCC(C)C)C(=O)N[C@@H](C)C(=O)N[C@H](C)C(=O)N(C)[C@@H](CC(C)C)C(=O)N(C)[C@@H](CCC(C)C)C(=O)N(C)[C@@H](C(C)C)C(=O)N1C. The minimum atomic E-state index is -1.67. The Bertz CT molecular complexity index is 2700. The molecular weight excluding hydrogens is 1250 g/mol. The van der Waals surface area contributed by atoms with Crippen molar-refractivity contribution in [3.8, 4) is 0 Å². The van der Waals surface area contributed by atoms with Gasteiger partial charge in [-0.15, -0.1) is 0 Å². The van der Waals surface area contributed by atoms with Crippen LogP contribution in [0.4, 0.5) is 4.79 Å². The van der Waals surface area contributed by atoms with Crippen molar-refractivity contribution in [1.82, 2.24) is 60.5 Å². The second kappa shape index (κ2) is 39.6. The molecule has 2 aliphatic heterocycles. The number of nitrogens with one attached hydrogen (secondary N) is 4. The molecule has 12 amide bonds. The Kier molecular flexibility index (Phi) is 35.2. The van der Waals surface area contributed by atoms with Gasteiger partial charge in [-0.25, -0.2) is 4.79 Å². The number of hydrogen-bond donors (Lipinski definition) is 6. The van der Waals surface area contributed by atoms with Crippen LogP contribution in [0.25, 0.3) is 0 Å².